The third kappa shape index (κ3) is 5.80. The van der Waals surface area contributed by atoms with Crippen LogP contribution in [0, 0.1) is 11.7 Å². The van der Waals surface area contributed by atoms with Gasteiger partial charge in [-0.05, 0) is 74.0 Å². The summed E-state index contributed by atoms with van der Waals surface area (Å²) in [5.74, 6) is 1.07. The molecule has 0 bridgehead atoms. The molecule has 0 aliphatic carbocycles. The molecular formula is C29H36FN3O3. The Bertz CT molecular complexity index is 1140. The van der Waals surface area contributed by atoms with Crippen molar-refractivity contribution >= 4 is 16.8 Å². The molecule has 1 atom stereocenters. The molecule has 1 amide bonds. The van der Waals surface area contributed by atoms with Crippen LogP contribution in [0.25, 0.3) is 10.9 Å². The number of para-hydroxylation sites is 1. The highest BCUT2D eigenvalue weighted by atomic mass is 19.1. The SMILES string of the molecule is C1COCO1.Cn1ccc2cccc(C(=O)N3CC[C@H](CN4CCC(c5ccc(F)cc5)CC4)C3)c21. The van der Waals surface area contributed by atoms with Crippen LogP contribution >= 0.6 is 0 Å². The van der Waals surface area contributed by atoms with Crippen LogP contribution in [0.2, 0.25) is 0 Å². The van der Waals surface area contributed by atoms with Gasteiger partial charge in [0.05, 0.1) is 24.3 Å². The Morgan fingerprint density at radius 1 is 0.972 bits per heavy atom. The normalized spacial score (nSPS) is 21.1. The summed E-state index contributed by atoms with van der Waals surface area (Å²) in [6.07, 6.45) is 5.34. The first-order chi connectivity index (χ1) is 17.6. The van der Waals surface area contributed by atoms with E-state index in [0.717, 1.165) is 81.7 Å². The first-order valence-electron chi connectivity index (χ1n) is 13.0. The first-order valence-corrected chi connectivity index (χ1v) is 13.0. The largest absolute Gasteiger partial charge is 0.353 e. The molecule has 3 fully saturated rings. The molecule has 0 radical (unpaired) electrons. The fourth-order valence-corrected chi connectivity index (χ4v) is 5.71. The summed E-state index contributed by atoms with van der Waals surface area (Å²) in [5, 5.41) is 1.12. The van der Waals surface area contributed by atoms with Crippen LogP contribution in [0.5, 0.6) is 0 Å². The maximum Gasteiger partial charge on any atom is 0.256 e. The molecule has 0 spiro atoms. The lowest BCUT2D eigenvalue weighted by molar-refractivity contribution is 0.0692. The number of hydrogen-bond acceptors (Lipinski definition) is 4. The number of fused-ring (bicyclic) bond motifs is 1. The fraction of sp³-hybridized carbons (Fsp3) is 0.483. The Labute approximate surface area is 212 Å². The average molecular weight is 494 g/mol. The molecule has 3 saturated heterocycles. The van der Waals surface area contributed by atoms with E-state index in [1.165, 1.54) is 5.56 Å². The van der Waals surface area contributed by atoms with Gasteiger partial charge in [0.1, 0.15) is 12.6 Å². The van der Waals surface area contributed by atoms with Gasteiger partial charge in [0, 0.05) is 38.3 Å². The number of halogens is 1. The van der Waals surface area contributed by atoms with Crippen LogP contribution in [-0.4, -0.2) is 73.0 Å². The van der Waals surface area contributed by atoms with E-state index in [1.807, 2.05) is 47.0 Å². The van der Waals surface area contributed by atoms with Crippen molar-refractivity contribution in [2.45, 2.75) is 25.2 Å². The summed E-state index contributed by atoms with van der Waals surface area (Å²) in [4.78, 5) is 17.8. The molecule has 4 heterocycles. The predicted octanol–water partition coefficient (Wildman–Crippen LogP) is 4.65. The molecule has 0 saturated carbocycles. The number of aryl methyl sites for hydroxylation is 1. The zero-order valence-electron chi connectivity index (χ0n) is 21.1. The van der Waals surface area contributed by atoms with E-state index < -0.39 is 0 Å². The minimum Gasteiger partial charge on any atom is -0.353 e. The summed E-state index contributed by atoms with van der Waals surface area (Å²) >= 11 is 0. The van der Waals surface area contributed by atoms with Gasteiger partial charge in [-0.3, -0.25) is 4.79 Å². The first kappa shape index (κ1) is 24.9. The van der Waals surface area contributed by atoms with E-state index in [9.17, 15) is 9.18 Å². The van der Waals surface area contributed by atoms with Crippen LogP contribution in [0.1, 0.15) is 41.1 Å². The summed E-state index contributed by atoms with van der Waals surface area (Å²) in [6.45, 7) is 6.96. The number of likely N-dealkylation sites (tertiary alicyclic amines) is 2. The number of amides is 1. The molecule has 3 aliphatic heterocycles. The Balaban J connectivity index is 0.000000477. The molecule has 7 heteroatoms. The lowest BCUT2D eigenvalue weighted by atomic mass is 9.89. The molecule has 6 nitrogen and oxygen atoms in total. The maximum atomic E-state index is 13.2. The van der Waals surface area contributed by atoms with Crippen LogP contribution in [0.3, 0.4) is 0 Å². The predicted molar refractivity (Wildman–Crippen MR) is 139 cm³/mol. The van der Waals surface area contributed by atoms with Crippen molar-refractivity contribution < 1.29 is 18.7 Å². The van der Waals surface area contributed by atoms with Gasteiger partial charge in [-0.2, -0.15) is 0 Å². The smallest absolute Gasteiger partial charge is 0.256 e. The van der Waals surface area contributed by atoms with Crippen molar-refractivity contribution in [2.24, 2.45) is 13.0 Å². The number of carbonyl (C=O) groups excluding carboxylic acids is 1. The third-order valence-corrected chi connectivity index (χ3v) is 7.69. The van der Waals surface area contributed by atoms with Crippen molar-refractivity contribution in [1.29, 1.82) is 0 Å². The number of rotatable bonds is 4. The number of benzene rings is 2. The van der Waals surface area contributed by atoms with E-state index in [-0.39, 0.29) is 11.7 Å². The monoisotopic (exact) mass is 493 g/mol. The Kier molecular flexibility index (Phi) is 7.99. The number of nitrogens with zero attached hydrogens (tertiary/aromatic N) is 3. The molecule has 6 rings (SSSR count). The van der Waals surface area contributed by atoms with Crippen molar-refractivity contribution in [3.8, 4) is 0 Å². The second-order valence-corrected chi connectivity index (χ2v) is 10.1. The number of aromatic nitrogens is 1. The van der Waals surface area contributed by atoms with Gasteiger partial charge in [-0.15, -0.1) is 0 Å². The van der Waals surface area contributed by atoms with Crippen LogP contribution in [0.4, 0.5) is 4.39 Å². The van der Waals surface area contributed by atoms with Crippen molar-refractivity contribution in [3.63, 3.8) is 0 Å². The maximum absolute atomic E-state index is 13.2. The second kappa shape index (κ2) is 11.5. The Morgan fingerprint density at radius 3 is 2.42 bits per heavy atom. The van der Waals surface area contributed by atoms with Crippen LogP contribution in [-0.2, 0) is 16.5 Å². The molecule has 1 aromatic heterocycles. The summed E-state index contributed by atoms with van der Waals surface area (Å²) in [7, 11) is 2.00. The second-order valence-electron chi connectivity index (χ2n) is 10.1. The van der Waals surface area contributed by atoms with Gasteiger partial charge >= 0.3 is 0 Å². The highest BCUT2D eigenvalue weighted by Gasteiger charge is 2.30. The van der Waals surface area contributed by atoms with Gasteiger partial charge in [-0.25, -0.2) is 4.39 Å². The molecule has 0 N–H and O–H groups in total. The molecule has 0 unspecified atom stereocenters. The molecule has 3 aromatic rings. The molecule has 3 aliphatic rings. The lowest BCUT2D eigenvalue weighted by Gasteiger charge is -2.33. The molecule has 2 aromatic carbocycles. The highest BCUT2D eigenvalue weighted by Crippen LogP contribution is 2.30. The third-order valence-electron chi connectivity index (χ3n) is 7.69. The molecule has 36 heavy (non-hydrogen) atoms. The number of piperidine rings is 1. The minimum absolute atomic E-state index is 0.157. The number of ether oxygens (including phenoxy) is 2. The van der Waals surface area contributed by atoms with Crippen LogP contribution < -0.4 is 0 Å². The van der Waals surface area contributed by atoms with E-state index in [1.54, 1.807) is 12.1 Å². The summed E-state index contributed by atoms with van der Waals surface area (Å²) < 4.78 is 24.7. The van der Waals surface area contributed by atoms with E-state index in [4.69, 9.17) is 9.47 Å². The van der Waals surface area contributed by atoms with Crippen LogP contribution in [0.15, 0.2) is 54.7 Å². The zero-order valence-corrected chi connectivity index (χ0v) is 21.1. The van der Waals surface area contributed by atoms with Gasteiger partial charge in [0.25, 0.3) is 5.91 Å². The average Bonchev–Trinajstić information content (AvgIpc) is 3.69. The van der Waals surface area contributed by atoms with E-state index >= 15 is 0 Å². The quantitative estimate of drug-likeness (QED) is 0.531. The molecular weight excluding hydrogens is 457 g/mol. The highest BCUT2D eigenvalue weighted by molar-refractivity contribution is 6.06. The zero-order chi connectivity index (χ0) is 24.9. The molecule has 192 valence electrons. The van der Waals surface area contributed by atoms with Gasteiger partial charge in [0.15, 0.2) is 0 Å². The van der Waals surface area contributed by atoms with Crippen molar-refractivity contribution in [1.82, 2.24) is 14.4 Å². The number of hydrogen-bond donors (Lipinski definition) is 0. The minimum atomic E-state index is -0.162. The van der Waals surface area contributed by atoms with E-state index in [0.29, 0.717) is 18.6 Å². The van der Waals surface area contributed by atoms with E-state index in [2.05, 4.69) is 17.0 Å². The van der Waals surface area contributed by atoms with Gasteiger partial charge in [-0.1, -0.05) is 24.3 Å². The standard InChI is InChI=1S/C26H30FN3O.C3H6O2/c1-28-13-10-22-3-2-4-24(25(22)28)26(31)30-16-9-19(18-30)17-29-14-11-21(12-15-29)20-5-7-23(27)8-6-20;1-2-5-3-4-1/h2-8,10,13,19,21H,9,11-12,14-18H2,1H3;1-3H2/t19-;/m1./s1. The van der Waals surface area contributed by atoms with Gasteiger partial charge in [0.2, 0.25) is 0 Å². The Morgan fingerprint density at radius 2 is 1.72 bits per heavy atom. The van der Waals surface area contributed by atoms with Crippen molar-refractivity contribution in [2.75, 3.05) is 52.7 Å². The van der Waals surface area contributed by atoms with Crippen molar-refractivity contribution in [3.05, 3.63) is 71.7 Å². The topological polar surface area (TPSA) is 46.9 Å². The van der Waals surface area contributed by atoms with Gasteiger partial charge < -0.3 is 23.8 Å². The lowest BCUT2D eigenvalue weighted by Crippen LogP contribution is -2.37. The summed E-state index contributed by atoms with van der Waals surface area (Å²) in [5.41, 5.74) is 3.10. The summed E-state index contributed by atoms with van der Waals surface area (Å²) in [6, 6.07) is 15.1. The fourth-order valence-electron chi connectivity index (χ4n) is 5.71. The Hall–Kier alpha value is -2.74. The number of carbonyl (C=O) groups is 1.